The van der Waals surface area contributed by atoms with Crippen LogP contribution in [0.1, 0.15) is 53.3 Å². The zero-order valence-electron chi connectivity index (χ0n) is 23.8. The Balaban J connectivity index is 1.51. The first-order valence-electron chi connectivity index (χ1n) is 13.3. The van der Waals surface area contributed by atoms with Gasteiger partial charge in [-0.3, -0.25) is 0 Å². The molecule has 1 N–H and O–H groups in total. The SMILES string of the molecule is CCc1c(Br)c2c(On3nnc4ccccc43)nc(Nc3cnc4c(c3)nnn4C(C)C)nc2n1C(=O)OC(C)(C)C. The summed E-state index contributed by atoms with van der Waals surface area (Å²) < 4.78 is 9.52. The Kier molecular flexibility index (Phi) is 6.75. The van der Waals surface area contributed by atoms with Crippen molar-refractivity contribution in [2.24, 2.45) is 0 Å². The number of anilines is 2. The molecule has 0 fully saturated rings. The molecule has 0 aliphatic carbocycles. The van der Waals surface area contributed by atoms with E-state index >= 15 is 0 Å². The number of ether oxygens (including phenoxy) is 1. The molecule has 0 bridgehead atoms. The smallest absolute Gasteiger partial charge is 0.420 e. The van der Waals surface area contributed by atoms with Crippen molar-refractivity contribution in [1.29, 1.82) is 0 Å². The minimum absolute atomic E-state index is 0.103. The lowest BCUT2D eigenvalue weighted by atomic mass is 10.2. The third kappa shape index (κ3) is 4.89. The van der Waals surface area contributed by atoms with Crippen molar-refractivity contribution >= 4 is 66.9 Å². The minimum atomic E-state index is -0.729. The molecular formula is C27H28BrN11O3. The fraction of sp³-hybridized carbons (Fsp3) is 0.333. The van der Waals surface area contributed by atoms with Crippen LogP contribution < -0.4 is 10.2 Å². The lowest BCUT2D eigenvalue weighted by molar-refractivity contribution is 0.0539. The van der Waals surface area contributed by atoms with E-state index in [9.17, 15) is 4.79 Å². The number of carbonyl (C=O) groups is 1. The van der Waals surface area contributed by atoms with Gasteiger partial charge in [0, 0.05) is 5.69 Å². The Morgan fingerprint density at radius 2 is 1.83 bits per heavy atom. The van der Waals surface area contributed by atoms with Gasteiger partial charge in [0.2, 0.25) is 5.95 Å². The van der Waals surface area contributed by atoms with Crippen molar-refractivity contribution in [2.75, 3.05) is 5.32 Å². The standard InChI is InChI=1S/C27H28BrN11O3/c1-7-18-21(28)20-23(37(18)26(40)41-27(4,5)6)31-25(30-15-12-17-22(29-13-15)38(14(2)3)35-34-17)32-24(20)42-39-19-11-9-8-10-16(19)33-36-39/h8-14H,7H2,1-6H3,(H,30,31,32). The van der Waals surface area contributed by atoms with Gasteiger partial charge in [-0.05, 0) is 80.4 Å². The van der Waals surface area contributed by atoms with E-state index in [4.69, 9.17) is 14.6 Å². The normalized spacial score (nSPS) is 12.1. The molecule has 42 heavy (non-hydrogen) atoms. The molecule has 5 heterocycles. The second-order valence-electron chi connectivity index (χ2n) is 10.8. The average Bonchev–Trinajstić information content (AvgIpc) is 3.61. The van der Waals surface area contributed by atoms with Crippen molar-refractivity contribution in [3.05, 3.63) is 46.7 Å². The van der Waals surface area contributed by atoms with Gasteiger partial charge in [0.15, 0.2) is 11.3 Å². The molecule has 0 saturated carbocycles. The molecule has 0 saturated heterocycles. The van der Waals surface area contributed by atoms with Crippen LogP contribution in [0, 0.1) is 0 Å². The Hall–Kier alpha value is -4.66. The quantitative estimate of drug-likeness (QED) is 0.244. The highest BCUT2D eigenvalue weighted by Gasteiger charge is 2.29. The number of carbonyl (C=O) groups excluding carboxylic acids is 1. The number of halogens is 1. The maximum atomic E-state index is 13.5. The topological polar surface area (TPSA) is 153 Å². The van der Waals surface area contributed by atoms with Gasteiger partial charge in [0.1, 0.15) is 22.2 Å². The number of aromatic nitrogens is 10. The van der Waals surface area contributed by atoms with Crippen molar-refractivity contribution in [3.8, 4) is 5.88 Å². The molecule has 0 amide bonds. The number of pyridine rings is 1. The van der Waals surface area contributed by atoms with E-state index in [2.05, 4.69) is 51.8 Å². The molecule has 5 aromatic heterocycles. The zero-order valence-corrected chi connectivity index (χ0v) is 25.4. The van der Waals surface area contributed by atoms with Crippen LogP contribution >= 0.6 is 15.9 Å². The van der Waals surface area contributed by atoms with Crippen LogP contribution in [0.25, 0.3) is 33.2 Å². The van der Waals surface area contributed by atoms with Gasteiger partial charge in [0.25, 0.3) is 5.88 Å². The first-order valence-corrected chi connectivity index (χ1v) is 14.1. The predicted octanol–water partition coefficient (Wildman–Crippen LogP) is 5.59. The van der Waals surface area contributed by atoms with Crippen LogP contribution in [0.5, 0.6) is 5.88 Å². The lowest BCUT2D eigenvalue weighted by Gasteiger charge is -2.20. The van der Waals surface area contributed by atoms with E-state index in [1.54, 1.807) is 16.9 Å². The molecular weight excluding hydrogens is 606 g/mol. The number of hydrogen-bond acceptors (Lipinski definition) is 11. The van der Waals surface area contributed by atoms with E-state index in [0.717, 1.165) is 0 Å². The first-order chi connectivity index (χ1) is 20.0. The largest absolute Gasteiger partial charge is 0.443 e. The van der Waals surface area contributed by atoms with Crippen molar-refractivity contribution in [1.82, 2.24) is 49.7 Å². The molecule has 1 aromatic carbocycles. The Morgan fingerprint density at radius 3 is 2.57 bits per heavy atom. The molecule has 0 unspecified atom stereocenters. The molecule has 6 rings (SSSR count). The maximum absolute atomic E-state index is 13.5. The number of nitrogens with one attached hydrogen (secondary N) is 1. The summed E-state index contributed by atoms with van der Waals surface area (Å²) >= 11 is 3.67. The van der Waals surface area contributed by atoms with Gasteiger partial charge >= 0.3 is 6.09 Å². The zero-order chi connectivity index (χ0) is 29.8. The van der Waals surface area contributed by atoms with E-state index in [1.807, 2.05) is 65.8 Å². The van der Waals surface area contributed by atoms with Crippen LogP contribution in [0.4, 0.5) is 16.4 Å². The summed E-state index contributed by atoms with van der Waals surface area (Å²) in [6, 6.07) is 9.28. The van der Waals surface area contributed by atoms with Crippen LogP contribution in [0.3, 0.4) is 0 Å². The van der Waals surface area contributed by atoms with Gasteiger partial charge < -0.3 is 14.9 Å². The number of fused-ring (bicyclic) bond motifs is 3. The van der Waals surface area contributed by atoms with Gasteiger partial charge in [-0.15, -0.1) is 10.2 Å². The highest BCUT2D eigenvalue weighted by molar-refractivity contribution is 9.10. The summed E-state index contributed by atoms with van der Waals surface area (Å²) in [6.07, 6.45) is 1.56. The van der Waals surface area contributed by atoms with Crippen LogP contribution in [-0.4, -0.2) is 61.4 Å². The molecule has 14 nitrogen and oxygen atoms in total. The highest BCUT2D eigenvalue weighted by Crippen LogP contribution is 2.38. The molecule has 0 aliphatic rings. The summed E-state index contributed by atoms with van der Waals surface area (Å²) in [4.78, 5) is 34.9. The number of hydrogen-bond donors (Lipinski definition) is 1. The number of para-hydroxylation sites is 1. The van der Waals surface area contributed by atoms with Crippen LogP contribution in [-0.2, 0) is 11.2 Å². The molecule has 216 valence electrons. The van der Waals surface area contributed by atoms with Gasteiger partial charge in [-0.2, -0.15) is 9.97 Å². The fourth-order valence-electron chi connectivity index (χ4n) is 4.47. The first kappa shape index (κ1) is 27.5. The molecule has 0 spiro atoms. The predicted molar refractivity (Wildman–Crippen MR) is 159 cm³/mol. The Labute approximate surface area is 248 Å². The van der Waals surface area contributed by atoms with E-state index in [0.29, 0.717) is 49.9 Å². The van der Waals surface area contributed by atoms with Crippen molar-refractivity contribution in [3.63, 3.8) is 0 Å². The molecule has 0 aliphatic heterocycles. The minimum Gasteiger partial charge on any atom is -0.443 e. The van der Waals surface area contributed by atoms with Gasteiger partial charge in [0.05, 0.1) is 27.8 Å². The molecule has 0 radical (unpaired) electrons. The van der Waals surface area contributed by atoms with E-state index < -0.39 is 11.7 Å². The van der Waals surface area contributed by atoms with Gasteiger partial charge in [-0.25, -0.2) is 19.0 Å². The number of rotatable bonds is 6. The van der Waals surface area contributed by atoms with E-state index in [-0.39, 0.29) is 23.5 Å². The molecule has 0 atom stereocenters. The van der Waals surface area contributed by atoms with Gasteiger partial charge in [-0.1, -0.05) is 29.1 Å². The van der Waals surface area contributed by atoms with Crippen molar-refractivity contribution in [2.45, 2.75) is 59.6 Å². The number of nitrogens with zero attached hydrogens (tertiary/aromatic N) is 10. The molecule has 6 aromatic rings. The summed E-state index contributed by atoms with van der Waals surface area (Å²) in [5, 5.41) is 20.4. The average molecular weight is 634 g/mol. The fourth-order valence-corrected chi connectivity index (χ4v) is 5.27. The van der Waals surface area contributed by atoms with Crippen LogP contribution in [0.2, 0.25) is 0 Å². The second kappa shape index (κ2) is 10.3. The third-order valence-corrected chi connectivity index (χ3v) is 7.13. The summed E-state index contributed by atoms with van der Waals surface area (Å²) in [7, 11) is 0. The molecule has 15 heteroatoms. The summed E-state index contributed by atoms with van der Waals surface area (Å²) in [5.41, 5.74) is 3.32. The van der Waals surface area contributed by atoms with Crippen LogP contribution in [0.15, 0.2) is 41.0 Å². The number of benzene rings is 1. The van der Waals surface area contributed by atoms with E-state index in [1.165, 1.54) is 9.41 Å². The lowest BCUT2D eigenvalue weighted by Crippen LogP contribution is -2.28. The Morgan fingerprint density at radius 1 is 1.07 bits per heavy atom. The Bertz CT molecular complexity index is 1970. The van der Waals surface area contributed by atoms with Crippen molar-refractivity contribution < 1.29 is 14.4 Å². The summed E-state index contributed by atoms with van der Waals surface area (Å²) in [6.45, 7) is 11.4. The second-order valence-corrected chi connectivity index (χ2v) is 11.6. The third-order valence-electron chi connectivity index (χ3n) is 6.28. The maximum Gasteiger partial charge on any atom is 0.420 e. The summed E-state index contributed by atoms with van der Waals surface area (Å²) in [5.74, 6) is 0.290. The highest BCUT2D eigenvalue weighted by atomic mass is 79.9. The monoisotopic (exact) mass is 633 g/mol.